The zero-order chi connectivity index (χ0) is 19.8. The van der Waals surface area contributed by atoms with Gasteiger partial charge in [-0.15, -0.1) is 0 Å². The maximum atomic E-state index is 12.9. The van der Waals surface area contributed by atoms with Crippen LogP contribution < -0.4 is 0 Å². The molecule has 1 amide bonds. The number of carbonyl (C=O) groups is 2. The van der Waals surface area contributed by atoms with Crippen molar-refractivity contribution in [3.8, 4) is 0 Å². The molecule has 0 radical (unpaired) electrons. The molecule has 0 spiro atoms. The van der Waals surface area contributed by atoms with E-state index in [9.17, 15) is 23.1 Å². The molecule has 2 aliphatic heterocycles. The van der Waals surface area contributed by atoms with Crippen molar-refractivity contribution in [2.45, 2.75) is 56.9 Å². The second-order valence-electron chi connectivity index (χ2n) is 7.21. The minimum absolute atomic E-state index is 0.0919. The highest BCUT2D eigenvalue weighted by Gasteiger charge is 2.39. The number of likely N-dealkylation sites (tertiary alicyclic amines) is 1. The van der Waals surface area contributed by atoms with Gasteiger partial charge >= 0.3 is 5.97 Å². The number of hydrogen-bond donors (Lipinski definition) is 1. The Kier molecular flexibility index (Phi) is 5.57. The van der Waals surface area contributed by atoms with Gasteiger partial charge in [0.2, 0.25) is 15.9 Å². The molecule has 3 heterocycles. The Morgan fingerprint density at radius 1 is 1.11 bits per heavy atom. The molecule has 0 aromatic carbocycles. The Morgan fingerprint density at radius 2 is 1.78 bits per heavy atom. The molecule has 10 heteroatoms. The smallest absolute Gasteiger partial charge is 0.326 e. The lowest BCUT2D eigenvalue weighted by Gasteiger charge is -2.38. The monoisotopic (exact) mass is 399 g/mol. The number of carbonyl (C=O) groups excluding carboxylic acids is 1. The lowest BCUT2D eigenvalue weighted by molar-refractivity contribution is -0.154. The van der Waals surface area contributed by atoms with E-state index >= 15 is 0 Å². The summed E-state index contributed by atoms with van der Waals surface area (Å²) in [5, 5.41) is 13.1. The summed E-state index contributed by atoms with van der Waals surface area (Å²) in [6.45, 7) is 4.03. The average molecular weight is 399 g/mol. The van der Waals surface area contributed by atoms with Crippen molar-refractivity contribution in [2.75, 3.05) is 19.6 Å². The van der Waals surface area contributed by atoms with Crippen LogP contribution in [0, 0.1) is 19.8 Å². The maximum absolute atomic E-state index is 12.9. The van der Waals surface area contributed by atoms with E-state index < -0.39 is 22.0 Å². The summed E-state index contributed by atoms with van der Waals surface area (Å²) in [6.07, 6.45) is 2.83. The molecule has 2 aliphatic rings. The van der Waals surface area contributed by atoms with Crippen molar-refractivity contribution in [1.82, 2.24) is 14.4 Å². The zero-order valence-corrected chi connectivity index (χ0v) is 16.4. The van der Waals surface area contributed by atoms with Crippen LogP contribution in [0.3, 0.4) is 0 Å². The number of amides is 1. The fraction of sp³-hybridized carbons (Fsp3) is 0.706. The Labute approximate surface area is 158 Å². The number of piperidine rings is 2. The molecular formula is C17H25N3O6S. The first-order valence-corrected chi connectivity index (χ1v) is 10.6. The molecule has 1 N–H and O–H groups in total. The van der Waals surface area contributed by atoms with Gasteiger partial charge in [-0.3, -0.25) is 4.79 Å². The Morgan fingerprint density at radius 3 is 2.33 bits per heavy atom. The van der Waals surface area contributed by atoms with Crippen LogP contribution in [0.25, 0.3) is 0 Å². The van der Waals surface area contributed by atoms with Crippen LogP contribution in [-0.4, -0.2) is 65.4 Å². The molecule has 9 nitrogen and oxygen atoms in total. The largest absolute Gasteiger partial charge is 0.480 e. The average Bonchev–Trinajstić information content (AvgIpc) is 3.00. The molecule has 2 saturated heterocycles. The summed E-state index contributed by atoms with van der Waals surface area (Å²) < 4.78 is 32.1. The molecule has 2 fully saturated rings. The standard InChI is InChI=1S/C17H25N3O6S/c1-11-15(12(2)26-18-11)27(24,25)19-9-6-13(7-10-19)16(21)20-8-4-3-5-14(20)17(22)23/h13-14H,3-10H2,1-2H3,(H,22,23)/t14-/m1/s1. The molecule has 0 aliphatic carbocycles. The van der Waals surface area contributed by atoms with Gasteiger partial charge < -0.3 is 14.5 Å². The SMILES string of the molecule is Cc1noc(C)c1S(=O)(=O)N1CCC(C(=O)N2CCCC[C@@H]2C(=O)O)CC1. The van der Waals surface area contributed by atoms with Crippen LogP contribution in [0.4, 0.5) is 0 Å². The topological polar surface area (TPSA) is 121 Å². The summed E-state index contributed by atoms with van der Waals surface area (Å²) in [6, 6.07) is -0.768. The highest BCUT2D eigenvalue weighted by molar-refractivity contribution is 7.89. The van der Waals surface area contributed by atoms with Crippen LogP contribution in [0.5, 0.6) is 0 Å². The Balaban J connectivity index is 1.68. The van der Waals surface area contributed by atoms with Crippen molar-refractivity contribution in [2.24, 2.45) is 5.92 Å². The number of aryl methyl sites for hydroxylation is 2. The molecule has 1 atom stereocenters. The molecule has 1 aromatic heterocycles. The van der Waals surface area contributed by atoms with Gasteiger partial charge in [-0.1, -0.05) is 5.16 Å². The predicted molar refractivity (Wildman–Crippen MR) is 94.4 cm³/mol. The summed E-state index contributed by atoms with van der Waals surface area (Å²) in [7, 11) is -3.72. The number of carboxylic acid groups (broad SMARTS) is 1. The van der Waals surface area contributed by atoms with Gasteiger partial charge in [0, 0.05) is 25.6 Å². The first-order chi connectivity index (χ1) is 12.7. The zero-order valence-electron chi connectivity index (χ0n) is 15.5. The molecule has 1 aromatic rings. The van der Waals surface area contributed by atoms with E-state index in [1.54, 1.807) is 13.8 Å². The molecule has 0 bridgehead atoms. The minimum atomic E-state index is -3.72. The predicted octanol–water partition coefficient (Wildman–Crippen LogP) is 1.16. The summed E-state index contributed by atoms with van der Waals surface area (Å²) in [4.78, 5) is 25.8. The van der Waals surface area contributed by atoms with Gasteiger partial charge in [-0.2, -0.15) is 4.31 Å². The van der Waals surface area contributed by atoms with E-state index in [4.69, 9.17) is 4.52 Å². The normalized spacial score (nSPS) is 22.7. The van der Waals surface area contributed by atoms with Crippen molar-refractivity contribution >= 4 is 21.9 Å². The fourth-order valence-corrected chi connectivity index (χ4v) is 5.76. The van der Waals surface area contributed by atoms with E-state index in [-0.39, 0.29) is 35.6 Å². The molecule has 27 heavy (non-hydrogen) atoms. The Bertz CT molecular complexity index is 806. The van der Waals surface area contributed by atoms with E-state index in [1.807, 2.05) is 0 Å². The Hall–Kier alpha value is -1.94. The van der Waals surface area contributed by atoms with Crippen molar-refractivity contribution in [3.05, 3.63) is 11.5 Å². The first-order valence-electron chi connectivity index (χ1n) is 9.19. The fourth-order valence-electron chi connectivity index (χ4n) is 4.00. The molecular weight excluding hydrogens is 374 g/mol. The van der Waals surface area contributed by atoms with Gasteiger partial charge in [0.1, 0.15) is 16.6 Å². The highest BCUT2D eigenvalue weighted by Crippen LogP contribution is 2.29. The van der Waals surface area contributed by atoms with Gasteiger partial charge in [0.15, 0.2) is 5.76 Å². The lowest BCUT2D eigenvalue weighted by Crippen LogP contribution is -2.52. The number of carboxylic acids is 1. The second-order valence-corrected chi connectivity index (χ2v) is 9.09. The molecule has 0 unspecified atom stereocenters. The summed E-state index contributed by atoms with van der Waals surface area (Å²) in [5.41, 5.74) is 0.323. The van der Waals surface area contributed by atoms with E-state index in [2.05, 4.69) is 5.16 Å². The van der Waals surface area contributed by atoms with Gasteiger partial charge in [0.25, 0.3) is 0 Å². The third-order valence-corrected chi connectivity index (χ3v) is 7.58. The number of nitrogens with zero attached hydrogens (tertiary/aromatic N) is 3. The van der Waals surface area contributed by atoms with Crippen molar-refractivity contribution < 1.29 is 27.6 Å². The maximum Gasteiger partial charge on any atom is 0.326 e. The van der Waals surface area contributed by atoms with Crippen LogP contribution >= 0.6 is 0 Å². The minimum Gasteiger partial charge on any atom is -0.480 e. The van der Waals surface area contributed by atoms with Gasteiger partial charge in [-0.05, 0) is 46.0 Å². The lowest BCUT2D eigenvalue weighted by atomic mass is 9.93. The molecule has 150 valence electrons. The number of rotatable bonds is 4. The number of sulfonamides is 1. The van der Waals surface area contributed by atoms with Crippen LogP contribution in [0.15, 0.2) is 9.42 Å². The quantitative estimate of drug-likeness (QED) is 0.806. The van der Waals surface area contributed by atoms with Crippen LogP contribution in [0.1, 0.15) is 43.6 Å². The van der Waals surface area contributed by atoms with Gasteiger partial charge in [-0.25, -0.2) is 13.2 Å². The second kappa shape index (κ2) is 7.59. The number of aliphatic carboxylic acids is 1. The first kappa shape index (κ1) is 19.8. The highest BCUT2D eigenvalue weighted by atomic mass is 32.2. The van der Waals surface area contributed by atoms with Crippen LogP contribution in [-0.2, 0) is 19.6 Å². The number of hydrogen-bond acceptors (Lipinski definition) is 6. The van der Waals surface area contributed by atoms with Crippen molar-refractivity contribution in [3.63, 3.8) is 0 Å². The number of aromatic nitrogens is 1. The molecule has 0 saturated carbocycles. The van der Waals surface area contributed by atoms with Crippen molar-refractivity contribution in [1.29, 1.82) is 0 Å². The van der Waals surface area contributed by atoms with Gasteiger partial charge in [0.05, 0.1) is 0 Å². The summed E-state index contributed by atoms with van der Waals surface area (Å²) >= 11 is 0. The van der Waals surface area contributed by atoms with E-state index in [0.717, 1.165) is 12.8 Å². The molecule has 3 rings (SSSR count). The van der Waals surface area contributed by atoms with E-state index in [1.165, 1.54) is 9.21 Å². The van der Waals surface area contributed by atoms with Crippen LogP contribution in [0.2, 0.25) is 0 Å². The third-order valence-electron chi connectivity index (χ3n) is 5.44. The van der Waals surface area contributed by atoms with E-state index in [0.29, 0.717) is 31.5 Å². The third kappa shape index (κ3) is 3.73. The summed E-state index contributed by atoms with van der Waals surface area (Å²) in [5.74, 6) is -1.23.